The summed E-state index contributed by atoms with van der Waals surface area (Å²) in [7, 11) is 0. The van der Waals surface area contributed by atoms with Crippen molar-refractivity contribution in [3.05, 3.63) is 35.4 Å². The van der Waals surface area contributed by atoms with Gasteiger partial charge in [0.05, 0.1) is 0 Å². The number of amides is 1. The zero-order valence-corrected chi connectivity index (χ0v) is 10.6. The van der Waals surface area contributed by atoms with Crippen LogP contribution in [0.25, 0.3) is 0 Å². The normalized spacial score (nSPS) is 23.5. The third kappa shape index (κ3) is 2.24. The van der Waals surface area contributed by atoms with Crippen LogP contribution in [-0.2, 0) is 11.2 Å². The molecule has 1 aliphatic heterocycles. The highest BCUT2D eigenvalue weighted by Gasteiger charge is 2.40. The minimum absolute atomic E-state index is 0.0134. The molecule has 1 aliphatic rings. The molecule has 1 heterocycles. The minimum Gasteiger partial charge on any atom is -0.350 e. The Hall–Kier alpha value is -1.45. The van der Waals surface area contributed by atoms with Crippen LogP contribution in [0.4, 0.5) is 8.78 Å². The highest BCUT2D eigenvalue weighted by atomic mass is 19.2. The molecule has 18 heavy (non-hydrogen) atoms. The summed E-state index contributed by atoms with van der Waals surface area (Å²) in [5, 5.41) is 2.93. The molecule has 0 aromatic heterocycles. The predicted molar refractivity (Wildman–Crippen MR) is 65.0 cm³/mol. The third-order valence-corrected chi connectivity index (χ3v) is 3.83. The fourth-order valence-corrected chi connectivity index (χ4v) is 2.53. The summed E-state index contributed by atoms with van der Waals surface area (Å²) < 4.78 is 26.9. The number of rotatable bonds is 3. The van der Waals surface area contributed by atoms with E-state index in [2.05, 4.69) is 5.32 Å². The maximum Gasteiger partial charge on any atom is 0.220 e. The third-order valence-electron chi connectivity index (χ3n) is 3.83. The van der Waals surface area contributed by atoms with Crippen LogP contribution in [0.5, 0.6) is 0 Å². The minimum atomic E-state index is -0.837. The smallest absolute Gasteiger partial charge is 0.220 e. The zero-order valence-electron chi connectivity index (χ0n) is 10.6. The molecule has 1 saturated heterocycles. The van der Waals surface area contributed by atoms with Crippen LogP contribution >= 0.6 is 0 Å². The van der Waals surface area contributed by atoms with Gasteiger partial charge in [-0.25, -0.2) is 8.78 Å². The molecule has 1 amide bonds. The second kappa shape index (κ2) is 4.67. The fraction of sp³-hybridized carbons (Fsp3) is 0.500. The topological polar surface area (TPSA) is 29.1 Å². The second-order valence-corrected chi connectivity index (χ2v) is 5.25. The van der Waals surface area contributed by atoms with Gasteiger partial charge in [0.15, 0.2) is 11.6 Å². The maximum atomic E-state index is 13.7. The lowest BCUT2D eigenvalue weighted by molar-refractivity contribution is -0.120. The monoisotopic (exact) mass is 253 g/mol. The first-order chi connectivity index (χ1) is 8.44. The highest BCUT2D eigenvalue weighted by Crippen LogP contribution is 2.32. The van der Waals surface area contributed by atoms with E-state index in [1.807, 2.05) is 13.8 Å². The Bertz CT molecular complexity index is 473. The molecule has 0 radical (unpaired) electrons. The molecule has 98 valence electrons. The van der Waals surface area contributed by atoms with E-state index in [-0.39, 0.29) is 11.8 Å². The highest BCUT2D eigenvalue weighted by molar-refractivity contribution is 5.79. The van der Waals surface area contributed by atoms with Crippen molar-refractivity contribution in [1.82, 2.24) is 5.32 Å². The standard InChI is InChI=1S/C14H17F2NO/c1-9(2)14(7-6-12(18)17-14)8-10-4-3-5-11(15)13(10)16/h3-5,9H,6-8H2,1-2H3,(H,17,18). The first-order valence-corrected chi connectivity index (χ1v) is 6.18. The van der Waals surface area contributed by atoms with E-state index >= 15 is 0 Å². The molecular weight excluding hydrogens is 236 g/mol. The summed E-state index contributed by atoms with van der Waals surface area (Å²) in [6.45, 7) is 3.98. The Morgan fingerprint density at radius 2 is 2.11 bits per heavy atom. The molecule has 0 aliphatic carbocycles. The molecule has 2 rings (SSSR count). The summed E-state index contributed by atoms with van der Waals surface area (Å²) in [6, 6.07) is 4.18. The Morgan fingerprint density at radius 1 is 1.39 bits per heavy atom. The van der Waals surface area contributed by atoms with Crippen LogP contribution < -0.4 is 5.32 Å². The molecule has 1 fully saturated rings. The van der Waals surface area contributed by atoms with Crippen molar-refractivity contribution in [2.75, 3.05) is 0 Å². The number of benzene rings is 1. The van der Waals surface area contributed by atoms with Crippen molar-refractivity contribution in [3.8, 4) is 0 Å². The fourth-order valence-electron chi connectivity index (χ4n) is 2.53. The average molecular weight is 253 g/mol. The molecule has 0 bridgehead atoms. The van der Waals surface area contributed by atoms with Crippen LogP contribution in [0.3, 0.4) is 0 Å². The molecule has 0 saturated carbocycles. The molecule has 1 aromatic rings. The molecule has 1 atom stereocenters. The summed E-state index contributed by atoms with van der Waals surface area (Å²) in [4.78, 5) is 11.4. The van der Waals surface area contributed by atoms with E-state index < -0.39 is 17.2 Å². The van der Waals surface area contributed by atoms with Gasteiger partial charge in [-0.2, -0.15) is 0 Å². The molecule has 1 unspecified atom stereocenters. The lowest BCUT2D eigenvalue weighted by Crippen LogP contribution is -2.48. The maximum absolute atomic E-state index is 13.7. The first-order valence-electron chi connectivity index (χ1n) is 6.18. The van der Waals surface area contributed by atoms with Gasteiger partial charge < -0.3 is 5.32 Å². The molecular formula is C14H17F2NO. The van der Waals surface area contributed by atoms with Crippen molar-refractivity contribution < 1.29 is 13.6 Å². The quantitative estimate of drug-likeness (QED) is 0.881. The predicted octanol–water partition coefficient (Wildman–Crippen LogP) is 2.81. The summed E-state index contributed by atoms with van der Waals surface area (Å²) in [6.07, 6.45) is 1.45. The number of hydrogen-bond donors (Lipinski definition) is 1. The van der Waals surface area contributed by atoms with E-state index in [0.29, 0.717) is 24.8 Å². The summed E-state index contributed by atoms with van der Waals surface area (Å²) >= 11 is 0. The number of halogens is 2. The number of carbonyl (C=O) groups is 1. The van der Waals surface area contributed by atoms with Crippen molar-refractivity contribution in [1.29, 1.82) is 0 Å². The first kappa shape index (κ1) is 13.0. The van der Waals surface area contributed by atoms with Crippen molar-refractivity contribution in [3.63, 3.8) is 0 Å². The van der Waals surface area contributed by atoms with Gasteiger partial charge in [0.1, 0.15) is 0 Å². The zero-order chi connectivity index (χ0) is 13.3. The molecule has 2 nitrogen and oxygen atoms in total. The average Bonchev–Trinajstić information content (AvgIpc) is 2.68. The van der Waals surface area contributed by atoms with E-state index in [0.717, 1.165) is 6.07 Å². The van der Waals surface area contributed by atoms with Crippen LogP contribution in [0.1, 0.15) is 32.3 Å². The molecule has 4 heteroatoms. The SMILES string of the molecule is CC(C)C1(Cc2cccc(F)c2F)CCC(=O)N1. The Labute approximate surface area is 105 Å². The van der Waals surface area contributed by atoms with Gasteiger partial charge in [-0.3, -0.25) is 4.79 Å². The van der Waals surface area contributed by atoms with Gasteiger partial charge in [0.25, 0.3) is 0 Å². The van der Waals surface area contributed by atoms with Gasteiger partial charge in [0, 0.05) is 12.0 Å². The number of hydrogen-bond acceptors (Lipinski definition) is 1. The van der Waals surface area contributed by atoms with E-state index in [1.165, 1.54) is 6.07 Å². The lowest BCUT2D eigenvalue weighted by atomic mass is 9.79. The second-order valence-electron chi connectivity index (χ2n) is 5.25. The Morgan fingerprint density at radius 3 is 2.67 bits per heavy atom. The number of carbonyl (C=O) groups excluding carboxylic acids is 1. The van der Waals surface area contributed by atoms with Crippen molar-refractivity contribution >= 4 is 5.91 Å². The van der Waals surface area contributed by atoms with Gasteiger partial charge in [0.2, 0.25) is 5.91 Å². The Kier molecular flexibility index (Phi) is 3.37. The largest absolute Gasteiger partial charge is 0.350 e. The van der Waals surface area contributed by atoms with Gasteiger partial charge >= 0.3 is 0 Å². The lowest BCUT2D eigenvalue weighted by Gasteiger charge is -2.33. The summed E-state index contributed by atoms with van der Waals surface area (Å²) in [5.41, 5.74) is -0.128. The van der Waals surface area contributed by atoms with Crippen molar-refractivity contribution in [2.24, 2.45) is 5.92 Å². The van der Waals surface area contributed by atoms with Gasteiger partial charge in [-0.15, -0.1) is 0 Å². The van der Waals surface area contributed by atoms with Crippen LogP contribution in [-0.4, -0.2) is 11.4 Å². The Balaban J connectivity index is 2.30. The number of nitrogens with one attached hydrogen (secondary N) is 1. The van der Waals surface area contributed by atoms with E-state index in [4.69, 9.17) is 0 Å². The molecule has 1 aromatic carbocycles. The van der Waals surface area contributed by atoms with Crippen LogP contribution in [0, 0.1) is 17.6 Å². The summed E-state index contributed by atoms with van der Waals surface area (Å²) in [5.74, 6) is -1.48. The van der Waals surface area contributed by atoms with E-state index in [9.17, 15) is 13.6 Å². The molecule has 0 spiro atoms. The van der Waals surface area contributed by atoms with E-state index in [1.54, 1.807) is 6.07 Å². The van der Waals surface area contributed by atoms with Crippen LogP contribution in [0.15, 0.2) is 18.2 Å². The van der Waals surface area contributed by atoms with Crippen LogP contribution in [0.2, 0.25) is 0 Å². The molecule has 1 N–H and O–H groups in total. The van der Waals surface area contributed by atoms with Gasteiger partial charge in [-0.1, -0.05) is 26.0 Å². The van der Waals surface area contributed by atoms with Crippen molar-refractivity contribution in [2.45, 2.75) is 38.6 Å². The van der Waals surface area contributed by atoms with Gasteiger partial charge in [-0.05, 0) is 30.4 Å².